The lowest BCUT2D eigenvalue weighted by atomic mass is 9.90. The lowest BCUT2D eigenvalue weighted by molar-refractivity contribution is -0.385. The molecule has 0 aliphatic carbocycles. The lowest BCUT2D eigenvalue weighted by Crippen LogP contribution is -2.14. The Morgan fingerprint density at radius 1 is 1.53 bits per heavy atom. The van der Waals surface area contributed by atoms with Crippen LogP contribution in [0.3, 0.4) is 0 Å². The van der Waals surface area contributed by atoms with Crippen LogP contribution >= 0.6 is 0 Å². The molecule has 1 atom stereocenters. The van der Waals surface area contributed by atoms with Crippen LogP contribution in [0.15, 0.2) is 18.2 Å². The first-order valence-corrected chi connectivity index (χ1v) is 5.45. The second-order valence-electron chi connectivity index (χ2n) is 3.94. The summed E-state index contributed by atoms with van der Waals surface area (Å²) in [6, 6.07) is 4.63. The molecule has 1 N–H and O–H groups in total. The predicted octanol–water partition coefficient (Wildman–Crippen LogP) is 2.87. The third kappa shape index (κ3) is 2.81. The van der Waals surface area contributed by atoms with E-state index in [4.69, 9.17) is 5.11 Å². The summed E-state index contributed by atoms with van der Waals surface area (Å²) in [5.74, 6) is -1.81. The molecule has 0 fully saturated rings. The zero-order chi connectivity index (χ0) is 13.0. The van der Waals surface area contributed by atoms with Gasteiger partial charge in [0.1, 0.15) is 0 Å². The number of rotatable bonds is 5. The number of nitro groups is 1. The van der Waals surface area contributed by atoms with Crippen molar-refractivity contribution in [3.05, 3.63) is 39.4 Å². The van der Waals surface area contributed by atoms with Crippen molar-refractivity contribution in [2.75, 3.05) is 0 Å². The molecule has 0 spiro atoms. The topological polar surface area (TPSA) is 80.4 Å². The average molecular weight is 237 g/mol. The summed E-state index contributed by atoms with van der Waals surface area (Å²) in [5.41, 5.74) is 0.873. The van der Waals surface area contributed by atoms with E-state index in [2.05, 4.69) is 0 Å². The van der Waals surface area contributed by atoms with Gasteiger partial charge in [0.05, 0.1) is 10.8 Å². The monoisotopic (exact) mass is 237 g/mol. The summed E-state index contributed by atoms with van der Waals surface area (Å²) in [4.78, 5) is 21.6. The van der Waals surface area contributed by atoms with Crippen LogP contribution in [0.5, 0.6) is 0 Å². The standard InChI is InChI=1S/C12H15NO4/c1-3-5-9(12(14)15)11-8(2)6-4-7-10(11)13(16)17/h4,6-7,9H,3,5H2,1-2H3,(H,14,15). The number of nitro benzene ring substituents is 1. The molecule has 1 rings (SSSR count). The Morgan fingerprint density at radius 3 is 2.65 bits per heavy atom. The molecule has 0 saturated carbocycles. The van der Waals surface area contributed by atoms with Crippen molar-refractivity contribution in [1.29, 1.82) is 0 Å². The minimum atomic E-state index is -1.01. The molecule has 1 unspecified atom stereocenters. The molecular formula is C12H15NO4. The molecule has 0 saturated heterocycles. The Hall–Kier alpha value is -1.91. The Kier molecular flexibility index (Phi) is 4.20. The van der Waals surface area contributed by atoms with E-state index in [9.17, 15) is 14.9 Å². The fourth-order valence-corrected chi connectivity index (χ4v) is 1.96. The number of carboxylic acid groups (broad SMARTS) is 1. The van der Waals surface area contributed by atoms with Crippen LogP contribution in [0.4, 0.5) is 5.69 Å². The molecule has 0 aliphatic heterocycles. The molecule has 0 heterocycles. The Labute approximate surface area is 99.2 Å². The van der Waals surface area contributed by atoms with Gasteiger partial charge in [-0.1, -0.05) is 25.5 Å². The fourth-order valence-electron chi connectivity index (χ4n) is 1.96. The summed E-state index contributed by atoms with van der Waals surface area (Å²) in [7, 11) is 0. The minimum absolute atomic E-state index is 0.106. The zero-order valence-electron chi connectivity index (χ0n) is 9.84. The van der Waals surface area contributed by atoms with Crippen molar-refractivity contribution >= 4 is 11.7 Å². The van der Waals surface area contributed by atoms with Crippen molar-refractivity contribution in [2.45, 2.75) is 32.6 Å². The number of benzene rings is 1. The molecule has 0 bridgehead atoms. The molecule has 92 valence electrons. The largest absolute Gasteiger partial charge is 0.481 e. The van der Waals surface area contributed by atoms with Crippen LogP contribution in [-0.2, 0) is 4.79 Å². The molecular weight excluding hydrogens is 222 g/mol. The van der Waals surface area contributed by atoms with Crippen LogP contribution < -0.4 is 0 Å². The van der Waals surface area contributed by atoms with E-state index < -0.39 is 16.8 Å². The molecule has 5 heteroatoms. The van der Waals surface area contributed by atoms with Crippen LogP contribution in [0.25, 0.3) is 0 Å². The SMILES string of the molecule is CCCC(C(=O)O)c1c(C)cccc1[N+](=O)[O-]. The maximum Gasteiger partial charge on any atom is 0.311 e. The third-order valence-corrected chi connectivity index (χ3v) is 2.72. The van der Waals surface area contributed by atoms with Gasteiger partial charge < -0.3 is 5.11 Å². The van der Waals surface area contributed by atoms with E-state index in [0.717, 1.165) is 0 Å². The highest BCUT2D eigenvalue weighted by Crippen LogP contribution is 2.32. The number of aliphatic carboxylic acids is 1. The minimum Gasteiger partial charge on any atom is -0.481 e. The van der Waals surface area contributed by atoms with Gasteiger partial charge in [-0.3, -0.25) is 14.9 Å². The van der Waals surface area contributed by atoms with Gasteiger partial charge in [0, 0.05) is 11.6 Å². The average Bonchev–Trinajstić information content (AvgIpc) is 2.25. The van der Waals surface area contributed by atoms with Gasteiger partial charge in [0.25, 0.3) is 5.69 Å². The van der Waals surface area contributed by atoms with Gasteiger partial charge in [0.15, 0.2) is 0 Å². The van der Waals surface area contributed by atoms with E-state index >= 15 is 0 Å². The first-order chi connectivity index (χ1) is 7.99. The predicted molar refractivity (Wildman–Crippen MR) is 63.1 cm³/mol. The summed E-state index contributed by atoms with van der Waals surface area (Å²) in [6.07, 6.45) is 1.07. The lowest BCUT2D eigenvalue weighted by Gasteiger charge is -2.14. The molecule has 1 aromatic rings. The van der Waals surface area contributed by atoms with Crippen molar-refractivity contribution in [3.63, 3.8) is 0 Å². The van der Waals surface area contributed by atoms with Crippen molar-refractivity contribution < 1.29 is 14.8 Å². The number of aryl methyl sites for hydroxylation is 1. The normalized spacial score (nSPS) is 12.1. The Bertz CT molecular complexity index is 442. The summed E-state index contributed by atoms with van der Waals surface area (Å²) >= 11 is 0. The van der Waals surface area contributed by atoms with Gasteiger partial charge >= 0.3 is 5.97 Å². The highest BCUT2D eigenvalue weighted by Gasteiger charge is 2.28. The van der Waals surface area contributed by atoms with E-state index in [1.165, 1.54) is 6.07 Å². The Balaban J connectivity index is 3.34. The fraction of sp³-hybridized carbons (Fsp3) is 0.417. The number of nitrogens with zero attached hydrogens (tertiary/aromatic N) is 1. The second-order valence-corrected chi connectivity index (χ2v) is 3.94. The molecule has 0 aliphatic rings. The van der Waals surface area contributed by atoms with E-state index in [1.807, 2.05) is 6.92 Å². The number of carboxylic acids is 1. The molecule has 0 aromatic heterocycles. The van der Waals surface area contributed by atoms with Crippen molar-refractivity contribution in [3.8, 4) is 0 Å². The molecule has 1 aromatic carbocycles. The number of hydrogen-bond acceptors (Lipinski definition) is 3. The van der Waals surface area contributed by atoms with Crippen LogP contribution in [0.2, 0.25) is 0 Å². The van der Waals surface area contributed by atoms with Crippen LogP contribution in [-0.4, -0.2) is 16.0 Å². The van der Waals surface area contributed by atoms with Gasteiger partial charge in [-0.15, -0.1) is 0 Å². The van der Waals surface area contributed by atoms with Crippen molar-refractivity contribution in [2.24, 2.45) is 0 Å². The maximum atomic E-state index is 11.2. The van der Waals surface area contributed by atoms with Gasteiger partial charge in [-0.05, 0) is 18.9 Å². The van der Waals surface area contributed by atoms with Gasteiger partial charge in [0.2, 0.25) is 0 Å². The number of hydrogen-bond donors (Lipinski definition) is 1. The highest BCUT2D eigenvalue weighted by atomic mass is 16.6. The molecule has 5 nitrogen and oxygen atoms in total. The number of carbonyl (C=O) groups is 1. The van der Waals surface area contributed by atoms with Crippen LogP contribution in [0.1, 0.15) is 36.8 Å². The van der Waals surface area contributed by atoms with E-state index in [0.29, 0.717) is 24.0 Å². The summed E-state index contributed by atoms with van der Waals surface area (Å²) in [6.45, 7) is 3.56. The second kappa shape index (κ2) is 5.43. The van der Waals surface area contributed by atoms with E-state index in [-0.39, 0.29) is 5.69 Å². The highest BCUT2D eigenvalue weighted by molar-refractivity contribution is 5.78. The first kappa shape index (κ1) is 13.2. The Morgan fingerprint density at radius 2 is 2.18 bits per heavy atom. The van der Waals surface area contributed by atoms with Crippen molar-refractivity contribution in [1.82, 2.24) is 0 Å². The quantitative estimate of drug-likeness (QED) is 0.630. The smallest absolute Gasteiger partial charge is 0.311 e. The molecule has 17 heavy (non-hydrogen) atoms. The zero-order valence-corrected chi connectivity index (χ0v) is 9.84. The summed E-state index contributed by atoms with van der Waals surface area (Å²) in [5, 5.41) is 20.1. The van der Waals surface area contributed by atoms with E-state index in [1.54, 1.807) is 19.1 Å². The maximum absolute atomic E-state index is 11.2. The molecule has 0 radical (unpaired) electrons. The first-order valence-electron chi connectivity index (χ1n) is 5.45. The van der Waals surface area contributed by atoms with Crippen LogP contribution in [0, 0.1) is 17.0 Å². The van der Waals surface area contributed by atoms with Gasteiger partial charge in [-0.2, -0.15) is 0 Å². The third-order valence-electron chi connectivity index (χ3n) is 2.72. The molecule has 0 amide bonds. The summed E-state index contributed by atoms with van der Waals surface area (Å²) < 4.78 is 0. The van der Waals surface area contributed by atoms with Gasteiger partial charge in [-0.25, -0.2) is 0 Å².